The molecule has 114 valence electrons. The molecular weight excluding hydrogens is 268 g/mol. The van der Waals surface area contributed by atoms with Crippen molar-refractivity contribution in [3.63, 3.8) is 0 Å². The summed E-state index contributed by atoms with van der Waals surface area (Å²) in [5.74, 6) is -0.482. The van der Waals surface area contributed by atoms with E-state index in [1.54, 1.807) is 29.2 Å². The summed E-state index contributed by atoms with van der Waals surface area (Å²) in [6.07, 6.45) is 3.54. The Balaban J connectivity index is 2.01. The molecule has 0 aromatic heterocycles. The van der Waals surface area contributed by atoms with Gasteiger partial charge >= 0.3 is 12.0 Å². The van der Waals surface area contributed by atoms with Crippen LogP contribution < -0.4 is 5.32 Å². The van der Waals surface area contributed by atoms with Gasteiger partial charge in [0.2, 0.25) is 0 Å². The zero-order chi connectivity index (χ0) is 15.2. The lowest BCUT2D eigenvalue weighted by Gasteiger charge is -2.32. The number of amides is 2. The number of hydrogen-bond acceptors (Lipinski definition) is 2. The van der Waals surface area contributed by atoms with Gasteiger partial charge in [0.05, 0.1) is 0 Å². The second-order valence-electron chi connectivity index (χ2n) is 5.47. The van der Waals surface area contributed by atoms with Crippen LogP contribution in [0.4, 0.5) is 4.79 Å². The Morgan fingerprint density at radius 3 is 2.48 bits per heavy atom. The number of rotatable bonds is 6. The zero-order valence-electron chi connectivity index (χ0n) is 12.3. The van der Waals surface area contributed by atoms with Crippen LogP contribution in [-0.4, -0.2) is 35.1 Å². The lowest BCUT2D eigenvalue weighted by molar-refractivity contribution is -0.139. The molecule has 1 atom stereocenters. The molecule has 1 fully saturated rings. The number of carboxylic acid groups (broad SMARTS) is 1. The molecule has 5 heteroatoms. The molecule has 21 heavy (non-hydrogen) atoms. The van der Waals surface area contributed by atoms with E-state index in [0.717, 1.165) is 12.8 Å². The van der Waals surface area contributed by atoms with Gasteiger partial charge in [-0.05, 0) is 31.2 Å². The van der Waals surface area contributed by atoms with Crippen LogP contribution in [0.25, 0.3) is 0 Å². The lowest BCUT2D eigenvalue weighted by Crippen LogP contribution is -2.46. The van der Waals surface area contributed by atoms with E-state index in [1.165, 1.54) is 6.42 Å². The van der Waals surface area contributed by atoms with Gasteiger partial charge in [-0.3, -0.25) is 0 Å². The van der Waals surface area contributed by atoms with Crippen molar-refractivity contribution in [1.29, 1.82) is 0 Å². The summed E-state index contributed by atoms with van der Waals surface area (Å²) in [4.78, 5) is 25.4. The SMILES string of the molecule is CCN(CC1CCC1)C(=O)N[C@H](C(=O)O)c1ccccc1. The number of carbonyl (C=O) groups is 2. The Labute approximate surface area is 125 Å². The normalized spacial score (nSPS) is 15.9. The van der Waals surface area contributed by atoms with Gasteiger partial charge in [-0.1, -0.05) is 36.8 Å². The van der Waals surface area contributed by atoms with Crippen LogP contribution in [0.5, 0.6) is 0 Å². The molecule has 2 N–H and O–H groups in total. The Hall–Kier alpha value is -2.04. The molecule has 2 rings (SSSR count). The van der Waals surface area contributed by atoms with Crippen molar-refractivity contribution in [1.82, 2.24) is 10.2 Å². The highest BCUT2D eigenvalue weighted by Gasteiger charge is 2.27. The molecule has 0 saturated heterocycles. The van der Waals surface area contributed by atoms with Crippen LogP contribution in [0, 0.1) is 5.92 Å². The van der Waals surface area contributed by atoms with Crippen molar-refractivity contribution >= 4 is 12.0 Å². The first-order valence-electron chi connectivity index (χ1n) is 7.45. The summed E-state index contributed by atoms with van der Waals surface area (Å²) in [6.45, 7) is 3.21. The van der Waals surface area contributed by atoms with E-state index in [1.807, 2.05) is 13.0 Å². The van der Waals surface area contributed by atoms with Crippen molar-refractivity contribution in [2.75, 3.05) is 13.1 Å². The summed E-state index contributed by atoms with van der Waals surface area (Å²) in [5.41, 5.74) is 0.582. The topological polar surface area (TPSA) is 69.6 Å². The molecule has 0 bridgehead atoms. The van der Waals surface area contributed by atoms with Crippen LogP contribution >= 0.6 is 0 Å². The molecule has 0 radical (unpaired) electrons. The average molecular weight is 290 g/mol. The number of urea groups is 1. The smallest absolute Gasteiger partial charge is 0.330 e. The van der Waals surface area contributed by atoms with Gasteiger partial charge in [-0.2, -0.15) is 0 Å². The van der Waals surface area contributed by atoms with Gasteiger partial charge in [0.1, 0.15) is 0 Å². The Morgan fingerprint density at radius 1 is 1.33 bits per heavy atom. The molecule has 0 spiro atoms. The minimum Gasteiger partial charge on any atom is -0.479 e. The molecule has 0 heterocycles. The Morgan fingerprint density at radius 2 is 2.00 bits per heavy atom. The van der Waals surface area contributed by atoms with Gasteiger partial charge < -0.3 is 15.3 Å². The van der Waals surface area contributed by atoms with Gasteiger partial charge in [-0.25, -0.2) is 9.59 Å². The standard InChI is InChI=1S/C16H22N2O3/c1-2-18(11-12-7-6-8-12)16(21)17-14(15(19)20)13-9-4-3-5-10-13/h3-5,9-10,12,14H,2,6-8,11H2,1H3,(H,17,21)(H,19,20)/t14-/m0/s1. The van der Waals surface area contributed by atoms with Crippen molar-refractivity contribution in [2.45, 2.75) is 32.2 Å². The van der Waals surface area contributed by atoms with Gasteiger partial charge in [0.15, 0.2) is 6.04 Å². The number of hydrogen-bond donors (Lipinski definition) is 2. The third-order valence-electron chi connectivity index (χ3n) is 4.02. The van der Waals surface area contributed by atoms with E-state index in [0.29, 0.717) is 24.6 Å². The van der Waals surface area contributed by atoms with Crippen molar-refractivity contribution in [3.05, 3.63) is 35.9 Å². The lowest BCUT2D eigenvalue weighted by atomic mass is 9.85. The highest BCUT2D eigenvalue weighted by molar-refractivity contribution is 5.83. The maximum Gasteiger partial charge on any atom is 0.330 e. The van der Waals surface area contributed by atoms with E-state index >= 15 is 0 Å². The van der Waals surface area contributed by atoms with Crippen molar-refractivity contribution < 1.29 is 14.7 Å². The predicted molar refractivity (Wildman–Crippen MR) is 79.9 cm³/mol. The van der Waals surface area contributed by atoms with Crippen LogP contribution in [0.3, 0.4) is 0 Å². The molecule has 2 amide bonds. The minimum absolute atomic E-state index is 0.305. The first kappa shape index (κ1) is 15.4. The average Bonchev–Trinajstić information content (AvgIpc) is 2.44. The summed E-state index contributed by atoms with van der Waals surface area (Å²) < 4.78 is 0. The number of carboxylic acids is 1. The van der Waals surface area contributed by atoms with Gasteiger partial charge in [0.25, 0.3) is 0 Å². The van der Waals surface area contributed by atoms with Crippen LogP contribution in [0.1, 0.15) is 37.8 Å². The third-order valence-corrected chi connectivity index (χ3v) is 4.02. The van der Waals surface area contributed by atoms with E-state index < -0.39 is 12.0 Å². The summed E-state index contributed by atoms with van der Waals surface area (Å²) >= 11 is 0. The molecule has 0 unspecified atom stereocenters. The first-order chi connectivity index (χ1) is 10.1. The quantitative estimate of drug-likeness (QED) is 0.846. The first-order valence-corrected chi connectivity index (χ1v) is 7.45. The highest BCUT2D eigenvalue weighted by atomic mass is 16.4. The van der Waals surface area contributed by atoms with Crippen LogP contribution in [-0.2, 0) is 4.79 Å². The molecular formula is C16H22N2O3. The monoisotopic (exact) mass is 290 g/mol. The van der Waals surface area contributed by atoms with E-state index in [-0.39, 0.29) is 6.03 Å². The van der Waals surface area contributed by atoms with Crippen molar-refractivity contribution in [2.24, 2.45) is 5.92 Å². The third kappa shape index (κ3) is 3.97. The maximum atomic E-state index is 12.3. The van der Waals surface area contributed by atoms with Gasteiger partial charge in [0, 0.05) is 13.1 Å². The van der Waals surface area contributed by atoms with Crippen LogP contribution in [0.2, 0.25) is 0 Å². The number of carbonyl (C=O) groups excluding carboxylic acids is 1. The number of nitrogens with one attached hydrogen (secondary N) is 1. The molecule has 1 aromatic rings. The summed E-state index contributed by atoms with van der Waals surface area (Å²) in [6, 6.07) is 7.46. The fourth-order valence-electron chi connectivity index (χ4n) is 2.49. The van der Waals surface area contributed by atoms with Crippen molar-refractivity contribution in [3.8, 4) is 0 Å². The summed E-state index contributed by atoms with van der Waals surface area (Å²) in [5, 5.41) is 12.0. The molecule has 1 saturated carbocycles. The highest BCUT2D eigenvalue weighted by Crippen LogP contribution is 2.27. The molecule has 1 aromatic carbocycles. The molecule has 1 aliphatic carbocycles. The Bertz CT molecular complexity index is 486. The van der Waals surface area contributed by atoms with Crippen LogP contribution in [0.15, 0.2) is 30.3 Å². The number of nitrogens with zero attached hydrogens (tertiary/aromatic N) is 1. The predicted octanol–water partition coefficient (Wildman–Crippen LogP) is 2.64. The minimum atomic E-state index is -1.05. The van der Waals surface area contributed by atoms with E-state index in [9.17, 15) is 14.7 Å². The zero-order valence-corrected chi connectivity index (χ0v) is 12.3. The fourth-order valence-corrected chi connectivity index (χ4v) is 2.49. The maximum absolute atomic E-state index is 12.3. The molecule has 1 aliphatic rings. The van der Waals surface area contributed by atoms with Gasteiger partial charge in [-0.15, -0.1) is 0 Å². The second kappa shape index (κ2) is 7.11. The fraction of sp³-hybridized carbons (Fsp3) is 0.500. The van der Waals surface area contributed by atoms with E-state index in [4.69, 9.17) is 0 Å². The molecule has 5 nitrogen and oxygen atoms in total. The summed E-state index contributed by atoms with van der Waals surface area (Å²) in [7, 11) is 0. The second-order valence-corrected chi connectivity index (χ2v) is 5.47. The largest absolute Gasteiger partial charge is 0.479 e. The van der Waals surface area contributed by atoms with E-state index in [2.05, 4.69) is 5.32 Å². The number of aliphatic carboxylic acids is 1. The Kier molecular flexibility index (Phi) is 5.20. The number of benzene rings is 1. The molecule has 0 aliphatic heterocycles.